The van der Waals surface area contributed by atoms with E-state index in [4.69, 9.17) is 4.74 Å². The largest absolute Gasteiger partial charge is 0.489 e. The van der Waals surface area contributed by atoms with Crippen molar-refractivity contribution in [1.29, 1.82) is 0 Å². The van der Waals surface area contributed by atoms with Gasteiger partial charge in [-0.05, 0) is 17.7 Å². The maximum absolute atomic E-state index is 11.0. The first-order valence-corrected chi connectivity index (χ1v) is 8.17. The summed E-state index contributed by atoms with van der Waals surface area (Å²) in [5.41, 5.74) is 2.80. The second-order valence-corrected chi connectivity index (χ2v) is 5.32. The Bertz CT molecular complexity index is 670. The molecule has 0 N–H and O–H groups in total. The van der Waals surface area contributed by atoms with Crippen LogP contribution in [0.4, 0.5) is 5.69 Å². The molecule has 0 aliphatic rings. The topological polar surface area (TPSA) is 52.4 Å². The number of ether oxygens (including phenoxy) is 1. The van der Waals surface area contributed by atoms with Gasteiger partial charge in [-0.15, -0.1) is 0 Å². The highest BCUT2D eigenvalue weighted by Crippen LogP contribution is 2.23. The van der Waals surface area contributed by atoms with E-state index in [1.807, 2.05) is 18.2 Å². The summed E-state index contributed by atoms with van der Waals surface area (Å²) in [6.45, 7) is 4.09. The van der Waals surface area contributed by atoms with Crippen molar-refractivity contribution < 1.29 is 9.66 Å². The third kappa shape index (κ3) is 3.58. The molecule has 4 nitrogen and oxygen atoms in total. The van der Waals surface area contributed by atoms with Gasteiger partial charge in [0, 0.05) is 21.9 Å². The Hall–Kier alpha value is -2.40. The minimum atomic E-state index is -0.396. The van der Waals surface area contributed by atoms with Crippen LogP contribution in [-0.2, 0) is 17.4 Å². The monoisotopic (exact) mass is 299 g/mol. The maximum Gasteiger partial charge on any atom is 0.276 e. The summed E-state index contributed by atoms with van der Waals surface area (Å²) < 4.78 is 5.66. The van der Waals surface area contributed by atoms with Gasteiger partial charge in [0.25, 0.3) is 5.69 Å². The molecular formula is C16H17NO3Si. The quantitative estimate of drug-likeness (QED) is 0.356. The number of nitro groups is 1. The zero-order chi connectivity index (χ0) is 15.2. The van der Waals surface area contributed by atoms with E-state index in [0.717, 1.165) is 21.9 Å². The standard InChI is InChI=1S/C16H17NO3Si/c1-12(15-8-4-2-7-14(15)11-21)20-10-13-6-3-5-9-16(13)17(18)19/h2-9H,1,10-11H2,21H3. The molecule has 0 bridgehead atoms. The number of rotatable bonds is 6. The number of hydrogen-bond acceptors (Lipinski definition) is 3. The highest BCUT2D eigenvalue weighted by molar-refractivity contribution is 6.08. The molecule has 0 aliphatic carbocycles. The number of hydrogen-bond donors (Lipinski definition) is 0. The normalized spacial score (nSPS) is 10.3. The van der Waals surface area contributed by atoms with E-state index in [1.165, 1.54) is 11.6 Å². The molecule has 0 aliphatic heterocycles. The summed E-state index contributed by atoms with van der Waals surface area (Å²) in [6.07, 6.45) is 0. The third-order valence-corrected chi connectivity index (χ3v) is 4.05. The Morgan fingerprint density at radius 2 is 1.76 bits per heavy atom. The highest BCUT2D eigenvalue weighted by atomic mass is 28.1. The van der Waals surface area contributed by atoms with Crippen LogP contribution in [-0.4, -0.2) is 15.2 Å². The predicted molar refractivity (Wildman–Crippen MR) is 87.0 cm³/mol. The van der Waals surface area contributed by atoms with Gasteiger partial charge in [-0.3, -0.25) is 10.1 Å². The van der Waals surface area contributed by atoms with Crippen LogP contribution in [0.3, 0.4) is 0 Å². The fourth-order valence-electron chi connectivity index (χ4n) is 2.15. The lowest BCUT2D eigenvalue weighted by molar-refractivity contribution is -0.385. The van der Waals surface area contributed by atoms with Gasteiger partial charge >= 0.3 is 0 Å². The van der Waals surface area contributed by atoms with E-state index in [0.29, 0.717) is 11.3 Å². The van der Waals surface area contributed by atoms with Crippen molar-refractivity contribution in [2.24, 2.45) is 0 Å². The van der Waals surface area contributed by atoms with Gasteiger partial charge in [0.15, 0.2) is 0 Å². The van der Waals surface area contributed by atoms with Crippen LogP contribution in [0.15, 0.2) is 55.1 Å². The van der Waals surface area contributed by atoms with Gasteiger partial charge in [0.2, 0.25) is 0 Å². The van der Waals surface area contributed by atoms with E-state index in [9.17, 15) is 10.1 Å². The second-order valence-electron chi connectivity index (χ2n) is 4.61. The molecule has 21 heavy (non-hydrogen) atoms. The molecule has 0 aromatic heterocycles. The molecule has 0 unspecified atom stereocenters. The smallest absolute Gasteiger partial charge is 0.276 e. The molecule has 108 valence electrons. The molecule has 0 saturated heterocycles. The van der Waals surface area contributed by atoms with Crippen LogP contribution in [0, 0.1) is 10.1 Å². The summed E-state index contributed by atoms with van der Waals surface area (Å²) in [6, 6.07) is 15.6. The van der Waals surface area contributed by atoms with Crippen LogP contribution < -0.4 is 0 Å². The number of nitro benzene ring substituents is 1. The zero-order valence-corrected chi connectivity index (χ0v) is 13.9. The molecule has 5 heteroatoms. The lowest BCUT2D eigenvalue weighted by atomic mass is 10.1. The van der Waals surface area contributed by atoms with Gasteiger partial charge in [-0.1, -0.05) is 43.0 Å². The van der Waals surface area contributed by atoms with Crippen molar-refractivity contribution in [2.45, 2.75) is 12.7 Å². The minimum absolute atomic E-state index is 0.0708. The Morgan fingerprint density at radius 1 is 1.14 bits per heavy atom. The average Bonchev–Trinajstić information content (AvgIpc) is 2.52. The van der Waals surface area contributed by atoms with E-state index in [-0.39, 0.29) is 12.3 Å². The summed E-state index contributed by atoms with van der Waals surface area (Å²) in [5.74, 6) is 0.555. The molecule has 0 atom stereocenters. The van der Waals surface area contributed by atoms with Crippen LogP contribution in [0.25, 0.3) is 5.76 Å². The lowest BCUT2D eigenvalue weighted by Crippen LogP contribution is -2.00. The van der Waals surface area contributed by atoms with Crippen LogP contribution in [0.1, 0.15) is 16.7 Å². The Balaban J connectivity index is 2.13. The van der Waals surface area contributed by atoms with Crippen LogP contribution in [0.5, 0.6) is 0 Å². The molecule has 0 spiro atoms. The molecule has 2 aromatic carbocycles. The maximum atomic E-state index is 11.0. The molecule has 0 radical (unpaired) electrons. The first kappa shape index (κ1) is 15.0. The van der Waals surface area contributed by atoms with Crippen LogP contribution >= 0.6 is 0 Å². The number of para-hydroxylation sites is 1. The first-order chi connectivity index (χ1) is 10.1. The fraction of sp³-hybridized carbons (Fsp3) is 0.125. The Labute approximate surface area is 126 Å². The second kappa shape index (κ2) is 6.85. The van der Waals surface area contributed by atoms with E-state index >= 15 is 0 Å². The molecule has 0 amide bonds. The SMILES string of the molecule is C=C(OCc1ccccc1[N+](=O)[O-])c1ccccc1C[SiH3]. The van der Waals surface area contributed by atoms with Crippen molar-refractivity contribution in [2.75, 3.05) is 0 Å². The summed E-state index contributed by atoms with van der Waals surface area (Å²) in [5, 5.41) is 11.0. The Kier molecular flexibility index (Phi) is 4.89. The van der Waals surface area contributed by atoms with Gasteiger partial charge in [-0.25, -0.2) is 0 Å². The lowest BCUT2D eigenvalue weighted by Gasteiger charge is -2.12. The van der Waals surface area contributed by atoms with Gasteiger partial charge < -0.3 is 4.74 Å². The minimum Gasteiger partial charge on any atom is -0.489 e. The predicted octanol–water partition coefficient (Wildman–Crippen LogP) is 2.65. The number of benzene rings is 2. The van der Waals surface area contributed by atoms with Crippen molar-refractivity contribution in [3.8, 4) is 0 Å². The van der Waals surface area contributed by atoms with E-state index in [2.05, 4.69) is 12.6 Å². The first-order valence-electron chi connectivity index (χ1n) is 6.75. The molecule has 2 aromatic rings. The number of nitrogens with zero attached hydrogens (tertiary/aromatic N) is 1. The van der Waals surface area contributed by atoms with Crippen LogP contribution in [0.2, 0.25) is 0 Å². The molecule has 0 saturated carbocycles. The van der Waals surface area contributed by atoms with E-state index in [1.54, 1.807) is 18.2 Å². The van der Waals surface area contributed by atoms with Gasteiger partial charge in [0.1, 0.15) is 12.4 Å². The molecule has 0 fully saturated rings. The van der Waals surface area contributed by atoms with E-state index < -0.39 is 4.92 Å². The van der Waals surface area contributed by atoms with Crippen molar-refractivity contribution in [1.82, 2.24) is 0 Å². The highest BCUT2D eigenvalue weighted by Gasteiger charge is 2.13. The average molecular weight is 299 g/mol. The summed E-state index contributed by atoms with van der Waals surface area (Å²) in [7, 11) is 1.06. The molecule has 2 rings (SSSR count). The van der Waals surface area contributed by atoms with Gasteiger partial charge in [-0.2, -0.15) is 0 Å². The summed E-state index contributed by atoms with van der Waals surface area (Å²) in [4.78, 5) is 10.6. The molecule has 0 heterocycles. The summed E-state index contributed by atoms with van der Waals surface area (Å²) >= 11 is 0. The van der Waals surface area contributed by atoms with Crippen molar-refractivity contribution in [3.05, 3.63) is 81.9 Å². The zero-order valence-electron chi connectivity index (χ0n) is 11.9. The third-order valence-electron chi connectivity index (χ3n) is 3.29. The molecular weight excluding hydrogens is 282 g/mol. The van der Waals surface area contributed by atoms with Crippen molar-refractivity contribution in [3.63, 3.8) is 0 Å². The van der Waals surface area contributed by atoms with Gasteiger partial charge in [0.05, 0.1) is 10.5 Å². The Morgan fingerprint density at radius 3 is 2.43 bits per heavy atom. The fourth-order valence-corrected chi connectivity index (χ4v) is 2.77. The van der Waals surface area contributed by atoms with Crippen molar-refractivity contribution >= 4 is 21.7 Å².